The van der Waals surface area contributed by atoms with Gasteiger partial charge < -0.3 is 23.3 Å². The highest BCUT2D eigenvalue weighted by molar-refractivity contribution is 5.59. The van der Waals surface area contributed by atoms with Crippen molar-refractivity contribution in [2.24, 2.45) is 0 Å². The van der Waals surface area contributed by atoms with Gasteiger partial charge in [-0.05, 0) is 42.0 Å². The van der Waals surface area contributed by atoms with Crippen LogP contribution in [-0.4, -0.2) is 46.4 Å². The molecule has 0 radical (unpaired) electrons. The average Bonchev–Trinajstić information content (AvgIpc) is 3.31. The lowest BCUT2D eigenvalue weighted by atomic mass is 10.2. The molecule has 0 aliphatic rings. The molecule has 0 N–H and O–H groups in total. The SMILES string of the molecule is COCCOc1cc(Cn2cc(-c3nc(-c4ccc(OC(F)(F)F)cc4)no3)ccc2=O)ccn1. The minimum atomic E-state index is -4.78. The van der Waals surface area contributed by atoms with Crippen molar-refractivity contribution in [2.45, 2.75) is 12.9 Å². The van der Waals surface area contributed by atoms with Crippen LogP contribution in [-0.2, 0) is 11.3 Å². The maximum absolute atomic E-state index is 12.4. The molecule has 3 aromatic heterocycles. The Morgan fingerprint density at radius 3 is 2.54 bits per heavy atom. The third-order valence-electron chi connectivity index (χ3n) is 4.69. The van der Waals surface area contributed by atoms with Gasteiger partial charge in [-0.1, -0.05) is 5.16 Å². The Bertz CT molecular complexity index is 1340. The van der Waals surface area contributed by atoms with E-state index in [1.54, 1.807) is 37.7 Å². The van der Waals surface area contributed by atoms with E-state index in [0.717, 1.165) is 17.7 Å². The molecular weight excluding hydrogens is 469 g/mol. The minimum Gasteiger partial charge on any atom is -0.475 e. The molecule has 4 rings (SSSR count). The van der Waals surface area contributed by atoms with Crippen molar-refractivity contribution in [3.05, 3.63) is 76.8 Å². The number of hydrogen-bond donors (Lipinski definition) is 0. The van der Waals surface area contributed by atoms with Gasteiger partial charge in [0.25, 0.3) is 11.4 Å². The summed E-state index contributed by atoms with van der Waals surface area (Å²) in [4.78, 5) is 20.8. The van der Waals surface area contributed by atoms with E-state index in [-0.39, 0.29) is 29.6 Å². The molecule has 0 saturated carbocycles. The van der Waals surface area contributed by atoms with Crippen LogP contribution in [0.3, 0.4) is 0 Å². The van der Waals surface area contributed by atoms with Crippen LogP contribution < -0.4 is 15.0 Å². The third kappa shape index (κ3) is 6.44. The average molecular weight is 488 g/mol. The first kappa shape index (κ1) is 24.0. The number of hydrogen-bond acceptors (Lipinski definition) is 8. The van der Waals surface area contributed by atoms with E-state index in [9.17, 15) is 18.0 Å². The highest BCUT2D eigenvalue weighted by atomic mass is 19.4. The second-order valence-corrected chi connectivity index (χ2v) is 7.22. The molecule has 12 heteroatoms. The fourth-order valence-corrected chi connectivity index (χ4v) is 3.10. The first-order valence-electron chi connectivity index (χ1n) is 10.3. The second-order valence-electron chi connectivity index (χ2n) is 7.22. The van der Waals surface area contributed by atoms with Crippen LogP contribution in [0.25, 0.3) is 22.8 Å². The fourth-order valence-electron chi connectivity index (χ4n) is 3.10. The van der Waals surface area contributed by atoms with Gasteiger partial charge in [0, 0.05) is 37.2 Å². The Hall–Kier alpha value is -4.19. The van der Waals surface area contributed by atoms with Gasteiger partial charge in [-0.3, -0.25) is 4.79 Å². The number of rotatable bonds is 9. The minimum absolute atomic E-state index is 0.141. The van der Waals surface area contributed by atoms with Gasteiger partial charge >= 0.3 is 6.36 Å². The summed E-state index contributed by atoms with van der Waals surface area (Å²) in [5.74, 6) is 0.364. The molecule has 0 atom stereocenters. The molecule has 0 saturated heterocycles. The summed E-state index contributed by atoms with van der Waals surface area (Å²) in [7, 11) is 1.57. The molecule has 0 aliphatic carbocycles. The number of halogens is 3. The quantitative estimate of drug-likeness (QED) is 0.327. The Balaban J connectivity index is 1.51. The van der Waals surface area contributed by atoms with Crippen molar-refractivity contribution in [1.82, 2.24) is 19.7 Å². The van der Waals surface area contributed by atoms with Crippen molar-refractivity contribution >= 4 is 0 Å². The van der Waals surface area contributed by atoms with E-state index >= 15 is 0 Å². The highest BCUT2D eigenvalue weighted by Gasteiger charge is 2.31. The summed E-state index contributed by atoms with van der Waals surface area (Å²) in [6, 6.07) is 11.5. The number of nitrogens with zero attached hydrogens (tertiary/aromatic N) is 4. The molecule has 3 heterocycles. The fraction of sp³-hybridized carbons (Fsp3) is 0.217. The van der Waals surface area contributed by atoms with Crippen molar-refractivity contribution in [2.75, 3.05) is 20.3 Å². The lowest BCUT2D eigenvalue weighted by Crippen LogP contribution is -2.19. The van der Waals surface area contributed by atoms with E-state index in [2.05, 4.69) is 19.9 Å². The maximum Gasteiger partial charge on any atom is 0.573 e. The summed E-state index contributed by atoms with van der Waals surface area (Å²) in [5, 5.41) is 3.88. The Labute approximate surface area is 196 Å². The lowest BCUT2D eigenvalue weighted by Gasteiger charge is -2.09. The van der Waals surface area contributed by atoms with Crippen molar-refractivity contribution in [3.63, 3.8) is 0 Å². The number of benzene rings is 1. The third-order valence-corrected chi connectivity index (χ3v) is 4.69. The van der Waals surface area contributed by atoms with Crippen molar-refractivity contribution in [3.8, 4) is 34.5 Å². The molecule has 182 valence electrons. The smallest absolute Gasteiger partial charge is 0.475 e. The van der Waals surface area contributed by atoms with Gasteiger partial charge in [0.1, 0.15) is 12.4 Å². The zero-order chi connectivity index (χ0) is 24.8. The zero-order valence-corrected chi connectivity index (χ0v) is 18.4. The van der Waals surface area contributed by atoms with Crippen LogP contribution >= 0.6 is 0 Å². The van der Waals surface area contributed by atoms with Crippen LogP contribution in [0.15, 0.2) is 70.2 Å². The molecular formula is C23H19F3N4O5. The van der Waals surface area contributed by atoms with Gasteiger partial charge in [0.15, 0.2) is 0 Å². The normalized spacial score (nSPS) is 11.4. The van der Waals surface area contributed by atoms with Crippen molar-refractivity contribution in [1.29, 1.82) is 0 Å². The predicted octanol–water partition coefficient (Wildman–Crippen LogP) is 3.93. The summed E-state index contributed by atoms with van der Waals surface area (Å²) in [5.41, 5.74) is 1.47. The predicted molar refractivity (Wildman–Crippen MR) is 117 cm³/mol. The largest absolute Gasteiger partial charge is 0.573 e. The summed E-state index contributed by atoms with van der Waals surface area (Å²) in [6.45, 7) is 1.02. The van der Waals surface area contributed by atoms with Crippen LogP contribution in [0.2, 0.25) is 0 Å². The van der Waals surface area contributed by atoms with E-state index in [0.29, 0.717) is 30.2 Å². The first-order chi connectivity index (χ1) is 16.8. The van der Waals surface area contributed by atoms with Crippen LogP contribution in [0.4, 0.5) is 13.2 Å². The Morgan fingerprint density at radius 2 is 1.80 bits per heavy atom. The van der Waals surface area contributed by atoms with Crippen LogP contribution in [0.5, 0.6) is 11.6 Å². The van der Waals surface area contributed by atoms with Gasteiger partial charge in [0.2, 0.25) is 11.7 Å². The van der Waals surface area contributed by atoms with Crippen LogP contribution in [0.1, 0.15) is 5.56 Å². The summed E-state index contributed by atoms with van der Waals surface area (Å²) in [6.07, 6.45) is -1.62. The number of methoxy groups -OCH3 is 1. The molecule has 35 heavy (non-hydrogen) atoms. The number of ether oxygens (including phenoxy) is 3. The number of pyridine rings is 2. The zero-order valence-electron chi connectivity index (χ0n) is 18.4. The lowest BCUT2D eigenvalue weighted by molar-refractivity contribution is -0.274. The number of aromatic nitrogens is 4. The Kier molecular flexibility index (Phi) is 7.11. The summed E-state index contributed by atoms with van der Waals surface area (Å²) >= 11 is 0. The maximum atomic E-state index is 12.4. The highest BCUT2D eigenvalue weighted by Crippen LogP contribution is 2.26. The van der Waals surface area contributed by atoms with E-state index < -0.39 is 6.36 Å². The van der Waals surface area contributed by atoms with Crippen LogP contribution in [0, 0.1) is 0 Å². The standard InChI is InChI=1S/C23H19F3N4O5/c1-32-10-11-33-19-12-15(8-9-27-19)13-30-14-17(4-7-20(30)31)22-28-21(29-35-22)16-2-5-18(6-3-16)34-23(24,25)26/h2-9,12,14H,10-11,13H2,1H3. The molecule has 1 aromatic carbocycles. The van der Waals surface area contributed by atoms with Gasteiger partial charge in [-0.2, -0.15) is 4.98 Å². The Morgan fingerprint density at radius 1 is 1.03 bits per heavy atom. The molecule has 0 unspecified atom stereocenters. The van der Waals surface area contributed by atoms with Gasteiger partial charge in [-0.25, -0.2) is 4.98 Å². The van der Waals surface area contributed by atoms with E-state index in [1.807, 2.05) is 0 Å². The first-order valence-corrected chi connectivity index (χ1v) is 10.3. The molecule has 9 nitrogen and oxygen atoms in total. The molecule has 0 fully saturated rings. The number of alkyl halides is 3. The summed E-state index contributed by atoms with van der Waals surface area (Å²) < 4.78 is 58.1. The van der Waals surface area contributed by atoms with Gasteiger partial charge in [-0.15, -0.1) is 13.2 Å². The van der Waals surface area contributed by atoms with E-state index in [4.69, 9.17) is 14.0 Å². The van der Waals surface area contributed by atoms with E-state index in [1.165, 1.54) is 22.8 Å². The topological polar surface area (TPSA) is 102 Å². The molecule has 0 spiro atoms. The molecule has 4 aromatic rings. The monoisotopic (exact) mass is 488 g/mol. The molecule has 0 bridgehead atoms. The molecule has 0 aliphatic heterocycles. The van der Waals surface area contributed by atoms with Crippen molar-refractivity contribution < 1.29 is 31.9 Å². The molecule has 0 amide bonds. The second kappa shape index (κ2) is 10.4. The van der Waals surface area contributed by atoms with Gasteiger partial charge in [0.05, 0.1) is 18.7 Å².